The van der Waals surface area contributed by atoms with Gasteiger partial charge >= 0.3 is 0 Å². The summed E-state index contributed by atoms with van der Waals surface area (Å²) in [5.74, 6) is 1.30. The minimum absolute atomic E-state index is 0.542. The van der Waals surface area contributed by atoms with Crippen LogP contribution in [0.1, 0.15) is 5.82 Å². The average molecular weight is 333 g/mol. The topological polar surface area (TPSA) is 37.8 Å². The summed E-state index contributed by atoms with van der Waals surface area (Å²) in [7, 11) is 0. The lowest BCUT2D eigenvalue weighted by atomic mass is 10.3. The summed E-state index contributed by atoms with van der Waals surface area (Å²) in [6.07, 6.45) is 1.68. The fraction of sp³-hybridized carbons (Fsp3) is 0.0909. The van der Waals surface area contributed by atoms with Crippen molar-refractivity contribution in [3.8, 4) is 0 Å². The van der Waals surface area contributed by atoms with Gasteiger partial charge in [-0.15, -0.1) is 0 Å². The highest BCUT2D eigenvalue weighted by atomic mass is 79.9. The van der Waals surface area contributed by atoms with Gasteiger partial charge in [0.1, 0.15) is 11.6 Å². The smallest absolute Gasteiger partial charge is 0.148 e. The Labute approximate surface area is 117 Å². The van der Waals surface area contributed by atoms with Gasteiger partial charge in [-0.2, -0.15) is 0 Å². The molecule has 0 saturated carbocycles. The van der Waals surface area contributed by atoms with Crippen molar-refractivity contribution < 1.29 is 0 Å². The molecule has 0 aliphatic heterocycles. The molecular weight excluding hydrogens is 325 g/mol. The molecule has 3 nitrogen and oxygen atoms in total. The van der Waals surface area contributed by atoms with Crippen molar-refractivity contribution in [1.29, 1.82) is 0 Å². The predicted octanol–water partition coefficient (Wildman–Crippen LogP) is 4.60. The maximum Gasteiger partial charge on any atom is 0.148 e. The second-order valence-electron chi connectivity index (χ2n) is 3.34. The molecule has 0 unspecified atom stereocenters. The van der Waals surface area contributed by atoms with E-state index in [1.165, 1.54) is 0 Å². The van der Waals surface area contributed by atoms with E-state index in [4.69, 9.17) is 23.2 Å². The van der Waals surface area contributed by atoms with Gasteiger partial charge in [0.15, 0.2) is 0 Å². The van der Waals surface area contributed by atoms with Crippen molar-refractivity contribution in [1.82, 2.24) is 9.97 Å². The Kier molecular flexibility index (Phi) is 3.86. The first-order chi connectivity index (χ1) is 8.08. The molecule has 0 fully saturated rings. The molecule has 17 heavy (non-hydrogen) atoms. The summed E-state index contributed by atoms with van der Waals surface area (Å²) in [4.78, 5) is 8.33. The van der Waals surface area contributed by atoms with Gasteiger partial charge in [0, 0.05) is 6.20 Å². The van der Waals surface area contributed by atoms with Crippen molar-refractivity contribution >= 4 is 50.6 Å². The Morgan fingerprint density at radius 2 is 1.88 bits per heavy atom. The van der Waals surface area contributed by atoms with E-state index in [0.29, 0.717) is 27.4 Å². The molecule has 0 spiro atoms. The molecule has 1 aromatic carbocycles. The second-order valence-corrected chi connectivity index (χ2v) is 5.00. The van der Waals surface area contributed by atoms with Crippen molar-refractivity contribution in [3.63, 3.8) is 0 Å². The number of aryl methyl sites for hydroxylation is 1. The van der Waals surface area contributed by atoms with Gasteiger partial charge in [-0.05, 0) is 35.0 Å². The van der Waals surface area contributed by atoms with E-state index in [1.54, 1.807) is 24.4 Å². The Bertz CT molecular complexity index is 540. The van der Waals surface area contributed by atoms with Crippen LogP contribution in [0.3, 0.4) is 0 Å². The molecule has 88 valence electrons. The van der Waals surface area contributed by atoms with E-state index in [2.05, 4.69) is 31.2 Å². The quantitative estimate of drug-likeness (QED) is 0.873. The zero-order valence-corrected chi connectivity index (χ0v) is 11.9. The largest absolute Gasteiger partial charge is 0.337 e. The molecule has 0 amide bonds. The van der Waals surface area contributed by atoms with Crippen molar-refractivity contribution in [3.05, 3.63) is 44.7 Å². The van der Waals surface area contributed by atoms with Crippen LogP contribution in [-0.2, 0) is 0 Å². The van der Waals surface area contributed by atoms with Crippen LogP contribution in [0, 0.1) is 6.92 Å². The highest BCUT2D eigenvalue weighted by molar-refractivity contribution is 9.10. The summed E-state index contributed by atoms with van der Waals surface area (Å²) in [6.45, 7) is 1.81. The molecular formula is C11H8BrCl2N3. The van der Waals surface area contributed by atoms with Crippen molar-refractivity contribution in [2.45, 2.75) is 6.92 Å². The monoisotopic (exact) mass is 331 g/mol. The summed E-state index contributed by atoms with van der Waals surface area (Å²) >= 11 is 15.5. The lowest BCUT2D eigenvalue weighted by Gasteiger charge is -2.11. The third-order valence-electron chi connectivity index (χ3n) is 2.07. The number of hydrogen-bond acceptors (Lipinski definition) is 3. The highest BCUT2D eigenvalue weighted by Gasteiger charge is 2.09. The Balaban J connectivity index is 2.41. The first-order valence-electron chi connectivity index (χ1n) is 4.78. The van der Waals surface area contributed by atoms with Crippen LogP contribution in [-0.4, -0.2) is 9.97 Å². The zero-order valence-electron chi connectivity index (χ0n) is 8.84. The third kappa shape index (κ3) is 2.89. The van der Waals surface area contributed by atoms with Crippen LogP contribution in [0.5, 0.6) is 0 Å². The maximum absolute atomic E-state index is 6.07. The molecule has 0 saturated heterocycles. The Morgan fingerprint density at radius 3 is 2.53 bits per heavy atom. The summed E-state index contributed by atoms with van der Waals surface area (Å²) in [6, 6.07) is 5.31. The Hall–Kier alpha value is -0.840. The Morgan fingerprint density at radius 1 is 1.24 bits per heavy atom. The minimum Gasteiger partial charge on any atom is -0.337 e. The molecule has 0 bridgehead atoms. The number of hydrogen-bond donors (Lipinski definition) is 1. The van der Waals surface area contributed by atoms with E-state index in [-0.39, 0.29) is 0 Å². The van der Waals surface area contributed by atoms with E-state index < -0.39 is 0 Å². The fourth-order valence-electron chi connectivity index (χ4n) is 1.28. The zero-order chi connectivity index (χ0) is 12.4. The fourth-order valence-corrected chi connectivity index (χ4v) is 2.06. The number of nitrogens with zero attached hydrogens (tertiary/aromatic N) is 2. The van der Waals surface area contributed by atoms with Crippen LogP contribution in [0.2, 0.25) is 10.0 Å². The van der Waals surface area contributed by atoms with Gasteiger partial charge in [-0.25, -0.2) is 9.97 Å². The van der Waals surface area contributed by atoms with Gasteiger partial charge in [-0.3, -0.25) is 0 Å². The lowest BCUT2D eigenvalue weighted by Crippen LogP contribution is -1.99. The first kappa shape index (κ1) is 12.6. The molecule has 0 atom stereocenters. The standard InChI is InChI=1S/C11H8BrCl2N3/c1-6-15-5-7(12)11(16-6)17-10-8(13)3-2-4-9(10)14/h2-5H,1H3,(H,15,16,17). The molecule has 0 aliphatic carbocycles. The minimum atomic E-state index is 0.542. The van der Waals surface area contributed by atoms with E-state index >= 15 is 0 Å². The van der Waals surface area contributed by atoms with Gasteiger partial charge in [0.25, 0.3) is 0 Å². The average Bonchev–Trinajstić information content (AvgIpc) is 2.28. The lowest BCUT2D eigenvalue weighted by molar-refractivity contribution is 1.05. The molecule has 1 aromatic heterocycles. The third-order valence-corrected chi connectivity index (χ3v) is 3.28. The van der Waals surface area contributed by atoms with Crippen LogP contribution >= 0.6 is 39.1 Å². The summed E-state index contributed by atoms with van der Waals surface area (Å²) < 4.78 is 0.749. The van der Waals surface area contributed by atoms with Gasteiger partial charge in [-0.1, -0.05) is 29.3 Å². The normalized spacial score (nSPS) is 10.4. The number of benzene rings is 1. The van der Waals surface area contributed by atoms with Crippen molar-refractivity contribution in [2.75, 3.05) is 5.32 Å². The molecule has 2 rings (SSSR count). The summed E-state index contributed by atoms with van der Waals surface area (Å²) in [5, 5.41) is 4.17. The number of para-hydroxylation sites is 1. The number of anilines is 2. The van der Waals surface area contributed by atoms with E-state index in [9.17, 15) is 0 Å². The van der Waals surface area contributed by atoms with Crippen LogP contribution < -0.4 is 5.32 Å². The predicted molar refractivity (Wildman–Crippen MR) is 74.2 cm³/mol. The van der Waals surface area contributed by atoms with Crippen LogP contribution in [0.15, 0.2) is 28.9 Å². The van der Waals surface area contributed by atoms with Crippen LogP contribution in [0.4, 0.5) is 11.5 Å². The second kappa shape index (κ2) is 5.21. The molecule has 0 radical (unpaired) electrons. The molecule has 0 aliphatic rings. The van der Waals surface area contributed by atoms with E-state index in [0.717, 1.165) is 4.47 Å². The first-order valence-corrected chi connectivity index (χ1v) is 6.33. The maximum atomic E-state index is 6.07. The number of nitrogens with one attached hydrogen (secondary N) is 1. The number of halogens is 3. The molecule has 1 N–H and O–H groups in total. The van der Waals surface area contributed by atoms with Crippen LogP contribution in [0.25, 0.3) is 0 Å². The SMILES string of the molecule is Cc1ncc(Br)c(Nc2c(Cl)cccc2Cl)n1. The highest BCUT2D eigenvalue weighted by Crippen LogP contribution is 2.33. The summed E-state index contributed by atoms with van der Waals surface area (Å²) in [5.41, 5.74) is 0.634. The molecule has 1 heterocycles. The molecule has 2 aromatic rings. The number of aromatic nitrogens is 2. The van der Waals surface area contributed by atoms with Crippen molar-refractivity contribution in [2.24, 2.45) is 0 Å². The molecule has 6 heteroatoms. The van der Waals surface area contributed by atoms with Gasteiger partial charge in [0.2, 0.25) is 0 Å². The van der Waals surface area contributed by atoms with E-state index in [1.807, 2.05) is 6.92 Å². The number of rotatable bonds is 2. The van der Waals surface area contributed by atoms with Gasteiger partial charge in [0.05, 0.1) is 20.2 Å². The van der Waals surface area contributed by atoms with Gasteiger partial charge < -0.3 is 5.32 Å².